The Morgan fingerprint density at radius 3 is 2.25 bits per heavy atom. The van der Waals surface area contributed by atoms with Crippen LogP contribution < -0.4 is 5.32 Å². The maximum atomic E-state index is 13.2. The fourth-order valence-corrected chi connectivity index (χ4v) is 3.29. The van der Waals surface area contributed by atoms with Crippen LogP contribution in [0.15, 0.2) is 78.9 Å². The van der Waals surface area contributed by atoms with E-state index in [2.05, 4.69) is 43.4 Å². The average Bonchev–Trinajstić information content (AvgIpc) is 2.72. The van der Waals surface area contributed by atoms with Crippen molar-refractivity contribution < 1.29 is 4.79 Å². The molecular formula is C25H24ClNO. The zero-order chi connectivity index (χ0) is 19.9. The fraction of sp³-hybridized carbons (Fsp3) is 0.160. The van der Waals surface area contributed by atoms with Gasteiger partial charge >= 0.3 is 0 Å². The van der Waals surface area contributed by atoms with E-state index >= 15 is 0 Å². The quantitative estimate of drug-likeness (QED) is 0.380. The highest BCUT2D eigenvalue weighted by Gasteiger charge is 2.18. The molecule has 0 spiro atoms. The second kappa shape index (κ2) is 9.38. The Balaban J connectivity index is 1.94. The topological polar surface area (TPSA) is 29.1 Å². The maximum Gasteiger partial charge on any atom is 0.252 e. The maximum absolute atomic E-state index is 13.2. The van der Waals surface area contributed by atoms with Gasteiger partial charge in [0.25, 0.3) is 5.91 Å². The molecule has 0 aromatic heterocycles. The van der Waals surface area contributed by atoms with Gasteiger partial charge in [0, 0.05) is 10.6 Å². The molecule has 0 saturated carbocycles. The summed E-state index contributed by atoms with van der Waals surface area (Å²) in [4.78, 5) is 13.2. The van der Waals surface area contributed by atoms with E-state index in [0.29, 0.717) is 10.6 Å². The third-order valence-electron chi connectivity index (χ3n) is 4.73. The number of carbonyl (C=O) groups is 1. The zero-order valence-corrected chi connectivity index (χ0v) is 16.9. The van der Waals surface area contributed by atoms with E-state index in [4.69, 9.17) is 11.6 Å². The number of aryl methyl sites for hydroxylation is 1. The van der Waals surface area contributed by atoms with Crippen LogP contribution in [0.1, 0.15) is 41.6 Å². The Kier molecular flexibility index (Phi) is 6.67. The summed E-state index contributed by atoms with van der Waals surface area (Å²) in [5.41, 5.74) is 4.58. The molecule has 3 aromatic rings. The van der Waals surface area contributed by atoms with E-state index < -0.39 is 0 Å². The Labute approximate surface area is 171 Å². The molecule has 2 nitrogen and oxygen atoms in total. The molecule has 0 fully saturated rings. The highest BCUT2D eigenvalue weighted by atomic mass is 35.5. The number of rotatable bonds is 6. The highest BCUT2D eigenvalue weighted by Crippen LogP contribution is 2.25. The van der Waals surface area contributed by atoms with Crippen molar-refractivity contribution in [2.45, 2.75) is 26.3 Å². The van der Waals surface area contributed by atoms with Crippen molar-refractivity contribution in [3.8, 4) is 0 Å². The molecule has 142 valence electrons. The van der Waals surface area contributed by atoms with E-state index in [0.717, 1.165) is 23.1 Å². The van der Waals surface area contributed by atoms with Crippen LogP contribution in [-0.2, 0) is 4.79 Å². The minimum Gasteiger partial charge on any atom is -0.345 e. The number of hydrogen-bond donors (Lipinski definition) is 1. The van der Waals surface area contributed by atoms with E-state index in [1.807, 2.05) is 60.7 Å². The van der Waals surface area contributed by atoms with Crippen LogP contribution in [0.4, 0.5) is 0 Å². The lowest BCUT2D eigenvalue weighted by Crippen LogP contribution is -2.29. The summed E-state index contributed by atoms with van der Waals surface area (Å²) in [5, 5.41) is 3.81. The van der Waals surface area contributed by atoms with Gasteiger partial charge in [-0.25, -0.2) is 0 Å². The first-order valence-electron chi connectivity index (χ1n) is 9.47. The Hall–Kier alpha value is -2.84. The first kappa shape index (κ1) is 19.9. The van der Waals surface area contributed by atoms with Crippen molar-refractivity contribution in [3.63, 3.8) is 0 Å². The van der Waals surface area contributed by atoms with Gasteiger partial charge < -0.3 is 5.32 Å². The molecule has 1 N–H and O–H groups in total. The fourth-order valence-electron chi connectivity index (χ4n) is 3.10. The second-order valence-corrected chi connectivity index (χ2v) is 7.20. The Bertz CT molecular complexity index is 961. The smallest absolute Gasteiger partial charge is 0.252 e. The number of benzene rings is 3. The lowest BCUT2D eigenvalue weighted by Gasteiger charge is -2.19. The number of carbonyl (C=O) groups excluding carboxylic acids is 1. The largest absolute Gasteiger partial charge is 0.345 e. The summed E-state index contributed by atoms with van der Waals surface area (Å²) in [6.45, 7) is 4.13. The number of nitrogens with one attached hydrogen (secondary N) is 1. The third kappa shape index (κ3) is 4.90. The van der Waals surface area contributed by atoms with E-state index in [-0.39, 0.29) is 11.9 Å². The van der Waals surface area contributed by atoms with Crippen LogP contribution in [0.5, 0.6) is 0 Å². The SMILES string of the molecule is CC[C@H](NC(=O)/C(=C/c1ccccc1Cl)c1ccccc1)c1ccc(C)cc1. The molecule has 1 atom stereocenters. The molecular weight excluding hydrogens is 366 g/mol. The molecule has 3 heteroatoms. The molecule has 0 aliphatic heterocycles. The Morgan fingerprint density at radius 2 is 1.61 bits per heavy atom. The standard InChI is InChI=1S/C25H24ClNO/c1-3-24(20-15-13-18(2)14-16-20)27-25(28)22(19-9-5-4-6-10-19)17-21-11-7-8-12-23(21)26/h4-17,24H,3H2,1-2H3,(H,27,28)/b22-17+/t24-/m0/s1. The van der Waals surface area contributed by atoms with Crippen molar-refractivity contribution in [1.29, 1.82) is 0 Å². The molecule has 1 amide bonds. The molecule has 0 bridgehead atoms. The van der Waals surface area contributed by atoms with Crippen LogP contribution in [0.25, 0.3) is 11.6 Å². The number of amides is 1. The summed E-state index contributed by atoms with van der Waals surface area (Å²) < 4.78 is 0. The third-order valence-corrected chi connectivity index (χ3v) is 5.07. The zero-order valence-electron chi connectivity index (χ0n) is 16.2. The van der Waals surface area contributed by atoms with Crippen LogP contribution >= 0.6 is 11.6 Å². The monoisotopic (exact) mass is 389 g/mol. The minimum absolute atomic E-state index is 0.0496. The van der Waals surface area contributed by atoms with E-state index in [1.54, 1.807) is 0 Å². The number of halogens is 1. The molecule has 0 heterocycles. The van der Waals surface area contributed by atoms with Crippen molar-refractivity contribution in [2.24, 2.45) is 0 Å². The molecule has 28 heavy (non-hydrogen) atoms. The lowest BCUT2D eigenvalue weighted by molar-refractivity contribution is -0.116. The van der Waals surface area contributed by atoms with Crippen LogP contribution in [0.3, 0.4) is 0 Å². The van der Waals surface area contributed by atoms with Crippen LogP contribution in [0, 0.1) is 6.92 Å². The van der Waals surface area contributed by atoms with Gasteiger partial charge in [0.2, 0.25) is 0 Å². The van der Waals surface area contributed by atoms with Gasteiger partial charge in [-0.3, -0.25) is 4.79 Å². The van der Waals surface area contributed by atoms with Crippen molar-refractivity contribution in [3.05, 3.63) is 106 Å². The van der Waals surface area contributed by atoms with E-state index in [9.17, 15) is 4.79 Å². The molecule has 0 aliphatic carbocycles. The highest BCUT2D eigenvalue weighted by molar-refractivity contribution is 6.33. The predicted molar refractivity (Wildman–Crippen MR) is 118 cm³/mol. The summed E-state index contributed by atoms with van der Waals surface area (Å²) in [6, 6.07) is 25.5. The first-order chi connectivity index (χ1) is 13.6. The average molecular weight is 390 g/mol. The van der Waals surface area contributed by atoms with Gasteiger partial charge in [-0.15, -0.1) is 0 Å². The predicted octanol–water partition coefficient (Wildman–Crippen LogP) is 6.46. The van der Waals surface area contributed by atoms with Gasteiger partial charge in [0.05, 0.1) is 6.04 Å². The molecule has 0 saturated heterocycles. The lowest BCUT2D eigenvalue weighted by atomic mass is 9.99. The second-order valence-electron chi connectivity index (χ2n) is 6.79. The van der Waals surface area contributed by atoms with Gasteiger partial charge in [-0.1, -0.05) is 96.9 Å². The van der Waals surface area contributed by atoms with Crippen LogP contribution in [-0.4, -0.2) is 5.91 Å². The molecule has 3 rings (SSSR count). The van der Waals surface area contributed by atoms with Crippen molar-refractivity contribution in [2.75, 3.05) is 0 Å². The minimum atomic E-state index is -0.112. The molecule has 0 unspecified atom stereocenters. The Morgan fingerprint density at radius 1 is 0.964 bits per heavy atom. The van der Waals surface area contributed by atoms with Gasteiger partial charge in [0.1, 0.15) is 0 Å². The summed E-state index contributed by atoms with van der Waals surface area (Å²) >= 11 is 6.33. The number of hydrogen-bond acceptors (Lipinski definition) is 1. The van der Waals surface area contributed by atoms with Gasteiger partial charge in [-0.05, 0) is 42.2 Å². The van der Waals surface area contributed by atoms with Gasteiger partial charge in [-0.2, -0.15) is 0 Å². The normalized spacial score (nSPS) is 12.5. The summed E-state index contributed by atoms with van der Waals surface area (Å²) in [6.07, 6.45) is 2.66. The molecule has 0 radical (unpaired) electrons. The summed E-state index contributed by atoms with van der Waals surface area (Å²) in [5.74, 6) is -0.112. The molecule has 0 aliphatic rings. The van der Waals surface area contributed by atoms with Gasteiger partial charge in [0.15, 0.2) is 0 Å². The van der Waals surface area contributed by atoms with Crippen molar-refractivity contribution in [1.82, 2.24) is 5.32 Å². The molecule has 3 aromatic carbocycles. The van der Waals surface area contributed by atoms with E-state index in [1.165, 1.54) is 5.56 Å². The van der Waals surface area contributed by atoms with Crippen molar-refractivity contribution >= 4 is 29.2 Å². The van der Waals surface area contributed by atoms with Crippen LogP contribution in [0.2, 0.25) is 5.02 Å². The summed E-state index contributed by atoms with van der Waals surface area (Å²) in [7, 11) is 0. The first-order valence-corrected chi connectivity index (χ1v) is 9.85.